The van der Waals surface area contributed by atoms with Crippen LogP contribution in [0.5, 0.6) is 0 Å². The first-order chi connectivity index (χ1) is 8.32. The molecule has 0 aliphatic rings. The zero-order valence-corrected chi connectivity index (χ0v) is 10.7. The number of amides is 1. The normalized spacial score (nSPS) is 10.5. The van der Waals surface area contributed by atoms with Gasteiger partial charge in [0.05, 0.1) is 5.02 Å². The van der Waals surface area contributed by atoms with Gasteiger partial charge in [-0.3, -0.25) is 9.59 Å². The molecule has 4 nitrogen and oxygen atoms in total. The van der Waals surface area contributed by atoms with Crippen LogP contribution < -0.4 is 0 Å². The van der Waals surface area contributed by atoms with E-state index in [9.17, 15) is 14.0 Å². The lowest BCUT2D eigenvalue weighted by molar-refractivity contribution is -0.138. The Labute approximate surface area is 109 Å². The summed E-state index contributed by atoms with van der Waals surface area (Å²) >= 11 is 5.59. The summed E-state index contributed by atoms with van der Waals surface area (Å²) in [7, 11) is 0. The molecule has 6 heteroatoms. The Morgan fingerprint density at radius 3 is 2.50 bits per heavy atom. The van der Waals surface area contributed by atoms with E-state index in [1.165, 1.54) is 17.0 Å². The molecule has 18 heavy (non-hydrogen) atoms. The highest BCUT2D eigenvalue weighted by Crippen LogP contribution is 2.18. The van der Waals surface area contributed by atoms with Gasteiger partial charge in [0, 0.05) is 11.6 Å². The molecule has 0 unspecified atom stereocenters. The third kappa shape index (κ3) is 3.43. The predicted molar refractivity (Wildman–Crippen MR) is 65.2 cm³/mol. The molecular formula is C12H13ClFNO3. The minimum absolute atomic E-state index is 0.163. The largest absolute Gasteiger partial charge is 0.480 e. The summed E-state index contributed by atoms with van der Waals surface area (Å²) in [4.78, 5) is 23.9. The molecule has 1 rings (SSSR count). The van der Waals surface area contributed by atoms with Crippen LogP contribution >= 0.6 is 11.6 Å². The minimum Gasteiger partial charge on any atom is -0.480 e. The average Bonchev–Trinajstić information content (AvgIpc) is 2.28. The van der Waals surface area contributed by atoms with E-state index in [0.717, 1.165) is 6.07 Å². The number of carbonyl (C=O) groups is 2. The molecule has 0 fully saturated rings. The number of aliphatic carboxylic acids is 1. The third-order valence-corrected chi connectivity index (χ3v) is 2.65. The fourth-order valence-electron chi connectivity index (χ4n) is 1.43. The number of halogens is 2. The maximum absolute atomic E-state index is 13.0. The van der Waals surface area contributed by atoms with Gasteiger partial charge >= 0.3 is 5.97 Å². The molecule has 98 valence electrons. The molecule has 0 saturated carbocycles. The predicted octanol–water partition coefficient (Wildman–Crippen LogP) is 2.41. The lowest BCUT2D eigenvalue weighted by Crippen LogP contribution is -2.40. The molecule has 0 aliphatic heterocycles. The highest BCUT2D eigenvalue weighted by atomic mass is 35.5. The topological polar surface area (TPSA) is 57.6 Å². The second-order valence-corrected chi connectivity index (χ2v) is 4.46. The number of hydrogen-bond donors (Lipinski definition) is 1. The zero-order chi connectivity index (χ0) is 13.9. The van der Waals surface area contributed by atoms with Crippen molar-refractivity contribution in [2.24, 2.45) is 0 Å². The van der Waals surface area contributed by atoms with E-state index in [-0.39, 0.29) is 16.6 Å². The molecule has 0 spiro atoms. The van der Waals surface area contributed by atoms with Crippen LogP contribution in [0, 0.1) is 5.82 Å². The minimum atomic E-state index is -1.11. The number of hydrogen-bond acceptors (Lipinski definition) is 2. The molecule has 0 atom stereocenters. The van der Waals surface area contributed by atoms with Crippen molar-refractivity contribution in [1.82, 2.24) is 4.90 Å². The number of benzene rings is 1. The van der Waals surface area contributed by atoms with Gasteiger partial charge in [-0.2, -0.15) is 0 Å². The maximum Gasteiger partial charge on any atom is 0.323 e. The summed E-state index contributed by atoms with van der Waals surface area (Å²) in [5.74, 6) is -2.22. The van der Waals surface area contributed by atoms with Crippen LogP contribution in [0.25, 0.3) is 0 Å². The van der Waals surface area contributed by atoms with Gasteiger partial charge in [0.1, 0.15) is 12.4 Å². The molecule has 0 saturated heterocycles. The number of carbonyl (C=O) groups excluding carboxylic acids is 1. The van der Waals surface area contributed by atoms with E-state index >= 15 is 0 Å². The second-order valence-electron chi connectivity index (χ2n) is 4.05. The van der Waals surface area contributed by atoms with Crippen molar-refractivity contribution in [3.05, 3.63) is 34.6 Å². The molecule has 0 bridgehead atoms. The summed E-state index contributed by atoms with van der Waals surface area (Å²) in [6.45, 7) is 2.99. The van der Waals surface area contributed by atoms with Crippen molar-refractivity contribution in [3.8, 4) is 0 Å². The van der Waals surface area contributed by atoms with Crippen molar-refractivity contribution >= 4 is 23.5 Å². The van der Waals surface area contributed by atoms with E-state index in [4.69, 9.17) is 16.7 Å². The van der Waals surface area contributed by atoms with E-state index in [0.29, 0.717) is 0 Å². The molecule has 0 heterocycles. The van der Waals surface area contributed by atoms with Gasteiger partial charge in [0.25, 0.3) is 5.91 Å². The zero-order valence-electron chi connectivity index (χ0n) is 9.98. The van der Waals surface area contributed by atoms with Crippen molar-refractivity contribution in [2.75, 3.05) is 6.54 Å². The van der Waals surface area contributed by atoms with Gasteiger partial charge in [0.15, 0.2) is 0 Å². The van der Waals surface area contributed by atoms with Crippen molar-refractivity contribution in [1.29, 1.82) is 0 Å². The number of rotatable bonds is 4. The van der Waals surface area contributed by atoms with E-state index in [1.54, 1.807) is 13.8 Å². The van der Waals surface area contributed by atoms with E-state index in [2.05, 4.69) is 0 Å². The Morgan fingerprint density at radius 2 is 2.06 bits per heavy atom. The van der Waals surface area contributed by atoms with Crippen LogP contribution in [-0.2, 0) is 4.79 Å². The molecule has 1 amide bonds. The van der Waals surface area contributed by atoms with Crippen LogP contribution in [-0.4, -0.2) is 34.5 Å². The van der Waals surface area contributed by atoms with E-state index < -0.39 is 24.2 Å². The Hall–Kier alpha value is -1.62. The molecule has 1 N–H and O–H groups in total. The van der Waals surface area contributed by atoms with Crippen molar-refractivity contribution in [3.63, 3.8) is 0 Å². The number of carboxylic acids is 1. The van der Waals surface area contributed by atoms with Gasteiger partial charge < -0.3 is 10.0 Å². The monoisotopic (exact) mass is 273 g/mol. The molecule has 0 aliphatic carbocycles. The average molecular weight is 274 g/mol. The molecule has 1 aromatic rings. The van der Waals surface area contributed by atoms with Gasteiger partial charge in [-0.25, -0.2) is 4.39 Å². The maximum atomic E-state index is 13.0. The third-order valence-electron chi connectivity index (χ3n) is 2.36. The van der Waals surface area contributed by atoms with Crippen LogP contribution in [0.4, 0.5) is 4.39 Å². The summed E-state index contributed by atoms with van der Waals surface area (Å²) in [5.41, 5.74) is 0.163. The van der Waals surface area contributed by atoms with Gasteiger partial charge in [-0.15, -0.1) is 0 Å². The molecule has 0 radical (unpaired) electrons. The summed E-state index contributed by atoms with van der Waals surface area (Å²) < 4.78 is 13.0. The first-order valence-electron chi connectivity index (χ1n) is 5.30. The first kappa shape index (κ1) is 14.4. The summed E-state index contributed by atoms with van der Waals surface area (Å²) in [6.07, 6.45) is 0. The quantitative estimate of drug-likeness (QED) is 0.916. The van der Waals surface area contributed by atoms with Crippen LogP contribution in [0.1, 0.15) is 24.2 Å². The smallest absolute Gasteiger partial charge is 0.323 e. The Morgan fingerprint density at radius 1 is 1.44 bits per heavy atom. The Balaban J connectivity index is 3.02. The van der Waals surface area contributed by atoms with Crippen molar-refractivity contribution in [2.45, 2.75) is 19.9 Å². The highest BCUT2D eigenvalue weighted by Gasteiger charge is 2.21. The summed E-state index contributed by atoms with van der Waals surface area (Å²) in [6, 6.07) is 3.27. The molecular weight excluding hydrogens is 261 g/mol. The second kappa shape index (κ2) is 5.82. The summed E-state index contributed by atoms with van der Waals surface area (Å²) in [5, 5.41) is 8.58. The van der Waals surface area contributed by atoms with E-state index in [1.807, 2.05) is 0 Å². The highest BCUT2D eigenvalue weighted by molar-refractivity contribution is 6.31. The van der Waals surface area contributed by atoms with Gasteiger partial charge in [-0.05, 0) is 32.0 Å². The standard InChI is InChI=1S/C12H13ClFNO3/c1-7(2)15(6-11(16)17)12(18)8-3-4-10(14)9(13)5-8/h3-5,7H,6H2,1-2H3,(H,16,17). The van der Waals surface area contributed by atoms with Crippen LogP contribution in [0.15, 0.2) is 18.2 Å². The van der Waals surface area contributed by atoms with Gasteiger partial charge in [-0.1, -0.05) is 11.6 Å². The Bertz CT molecular complexity index is 476. The lowest BCUT2D eigenvalue weighted by Gasteiger charge is -2.25. The van der Waals surface area contributed by atoms with Crippen molar-refractivity contribution < 1.29 is 19.1 Å². The Kier molecular flexibility index (Phi) is 4.67. The van der Waals surface area contributed by atoms with Gasteiger partial charge in [0.2, 0.25) is 0 Å². The SMILES string of the molecule is CC(C)N(CC(=O)O)C(=O)c1ccc(F)c(Cl)c1. The molecule has 0 aromatic heterocycles. The lowest BCUT2D eigenvalue weighted by atomic mass is 10.1. The number of nitrogens with zero attached hydrogens (tertiary/aromatic N) is 1. The van der Waals surface area contributed by atoms with Crippen LogP contribution in [0.3, 0.4) is 0 Å². The fourth-order valence-corrected chi connectivity index (χ4v) is 1.61. The van der Waals surface area contributed by atoms with Crippen LogP contribution in [0.2, 0.25) is 5.02 Å². The fraction of sp³-hybridized carbons (Fsp3) is 0.333. The molecule has 1 aromatic carbocycles. The first-order valence-corrected chi connectivity index (χ1v) is 5.68. The number of carboxylic acid groups (broad SMARTS) is 1.